The number of carbonyl (C=O) groups excluding carboxylic acids is 5. The van der Waals surface area contributed by atoms with Crippen molar-refractivity contribution in [3.05, 3.63) is 119 Å². The summed E-state index contributed by atoms with van der Waals surface area (Å²) in [6.07, 6.45) is 1.30. The number of methoxy groups -OCH3 is 1. The minimum absolute atomic E-state index is 0.0356. The van der Waals surface area contributed by atoms with E-state index in [4.69, 9.17) is 9.47 Å². The molecule has 0 unspecified atom stereocenters. The fourth-order valence-corrected chi connectivity index (χ4v) is 6.15. The standard InChI is InChI=1S/C37H40N4O7/c1-24(38-37(46)48-23-27-16-10-5-11-17-27)33(42)40-32-28(20-25-12-6-3-7-13-25)22-29-18-19-31(41(29)35(32)44)34(43)39-30(36(45)47-2)21-26-14-8-4-9-15-26/h3-17,24,29-31H,18-23H2,1-2H3,(H,38,46)(H,39,43)(H,40,42)/t24-,29-,30-,31-/m0/s1. The highest BCUT2D eigenvalue weighted by Crippen LogP contribution is 2.36. The maximum absolute atomic E-state index is 14.2. The summed E-state index contributed by atoms with van der Waals surface area (Å²) in [5, 5.41) is 8.10. The third-order valence-electron chi connectivity index (χ3n) is 8.62. The summed E-state index contributed by atoms with van der Waals surface area (Å²) in [4.78, 5) is 67.9. The molecule has 0 saturated carbocycles. The Morgan fingerprint density at radius 3 is 2.06 bits per heavy atom. The maximum atomic E-state index is 14.2. The molecule has 3 N–H and O–H groups in total. The van der Waals surface area contributed by atoms with Crippen LogP contribution in [0.4, 0.5) is 4.79 Å². The van der Waals surface area contributed by atoms with Crippen LogP contribution in [0.2, 0.25) is 0 Å². The van der Waals surface area contributed by atoms with Crippen molar-refractivity contribution in [1.29, 1.82) is 0 Å². The summed E-state index contributed by atoms with van der Waals surface area (Å²) in [5.41, 5.74) is 3.42. The summed E-state index contributed by atoms with van der Waals surface area (Å²) < 4.78 is 10.2. The number of fused-ring (bicyclic) bond motifs is 1. The number of alkyl carbamates (subject to hydrolysis) is 1. The molecule has 250 valence electrons. The highest BCUT2D eigenvalue weighted by atomic mass is 16.5. The SMILES string of the molecule is COC(=O)[C@H](Cc1ccccc1)NC(=O)[C@@H]1CC[C@H]2CC(Cc3ccccc3)=C(NC(=O)[C@H](C)NC(=O)OCc3ccccc3)C(=O)N21. The van der Waals surface area contributed by atoms with Crippen LogP contribution in [0.15, 0.2) is 102 Å². The molecule has 1 saturated heterocycles. The van der Waals surface area contributed by atoms with E-state index in [-0.39, 0.29) is 24.8 Å². The first-order valence-corrected chi connectivity index (χ1v) is 16.0. The van der Waals surface area contributed by atoms with Gasteiger partial charge in [0.25, 0.3) is 5.91 Å². The quantitative estimate of drug-likeness (QED) is 0.254. The Kier molecular flexibility index (Phi) is 11.2. The fraction of sp³-hybridized carbons (Fsp3) is 0.324. The third kappa shape index (κ3) is 8.47. The minimum Gasteiger partial charge on any atom is -0.467 e. The van der Waals surface area contributed by atoms with Gasteiger partial charge >= 0.3 is 12.1 Å². The molecule has 11 heteroatoms. The van der Waals surface area contributed by atoms with E-state index in [1.807, 2.05) is 91.0 Å². The molecule has 0 aromatic heterocycles. The Morgan fingerprint density at radius 1 is 0.833 bits per heavy atom. The van der Waals surface area contributed by atoms with Gasteiger partial charge in [0.1, 0.15) is 30.4 Å². The van der Waals surface area contributed by atoms with E-state index in [0.29, 0.717) is 25.7 Å². The predicted octanol–water partition coefficient (Wildman–Crippen LogP) is 3.58. The van der Waals surface area contributed by atoms with Crippen LogP contribution in [-0.4, -0.2) is 66.0 Å². The van der Waals surface area contributed by atoms with Gasteiger partial charge in [-0.1, -0.05) is 91.0 Å². The molecule has 1 fully saturated rings. The lowest BCUT2D eigenvalue weighted by Gasteiger charge is -2.36. The normalized spacial score (nSPS) is 18.3. The number of hydrogen-bond acceptors (Lipinski definition) is 7. The van der Waals surface area contributed by atoms with Crippen molar-refractivity contribution < 1.29 is 33.4 Å². The Bertz CT molecular complexity index is 1650. The number of esters is 1. The molecule has 0 bridgehead atoms. The second-order valence-corrected chi connectivity index (χ2v) is 12.0. The van der Waals surface area contributed by atoms with Gasteiger partial charge in [0.15, 0.2) is 0 Å². The van der Waals surface area contributed by atoms with Crippen molar-refractivity contribution >= 4 is 29.8 Å². The van der Waals surface area contributed by atoms with Gasteiger partial charge in [-0.05, 0) is 54.9 Å². The number of benzene rings is 3. The van der Waals surface area contributed by atoms with Crippen molar-refractivity contribution in [2.75, 3.05) is 7.11 Å². The third-order valence-corrected chi connectivity index (χ3v) is 8.62. The van der Waals surface area contributed by atoms with Gasteiger partial charge in [0, 0.05) is 12.5 Å². The molecule has 4 atom stereocenters. The molecule has 0 aliphatic carbocycles. The second-order valence-electron chi connectivity index (χ2n) is 12.0. The van der Waals surface area contributed by atoms with Crippen LogP contribution in [0, 0.1) is 0 Å². The van der Waals surface area contributed by atoms with Gasteiger partial charge < -0.3 is 30.3 Å². The lowest BCUT2D eigenvalue weighted by atomic mass is 9.92. The number of hydrogen-bond donors (Lipinski definition) is 3. The summed E-state index contributed by atoms with van der Waals surface area (Å²) in [6.45, 7) is 1.53. The maximum Gasteiger partial charge on any atom is 0.408 e. The lowest BCUT2D eigenvalue weighted by molar-refractivity contribution is -0.146. The van der Waals surface area contributed by atoms with E-state index in [2.05, 4.69) is 16.0 Å². The first-order valence-electron chi connectivity index (χ1n) is 16.0. The lowest BCUT2D eigenvalue weighted by Crippen LogP contribution is -2.56. The summed E-state index contributed by atoms with van der Waals surface area (Å²) >= 11 is 0. The zero-order valence-corrected chi connectivity index (χ0v) is 27.0. The van der Waals surface area contributed by atoms with Crippen LogP contribution < -0.4 is 16.0 Å². The number of amides is 4. The monoisotopic (exact) mass is 652 g/mol. The number of nitrogens with zero attached hydrogens (tertiary/aromatic N) is 1. The smallest absolute Gasteiger partial charge is 0.408 e. The van der Waals surface area contributed by atoms with E-state index < -0.39 is 47.9 Å². The van der Waals surface area contributed by atoms with Crippen molar-refractivity contribution in [2.24, 2.45) is 0 Å². The molecule has 2 heterocycles. The molecular formula is C37H40N4O7. The van der Waals surface area contributed by atoms with Gasteiger partial charge in [0.2, 0.25) is 11.8 Å². The van der Waals surface area contributed by atoms with E-state index >= 15 is 0 Å². The minimum atomic E-state index is -1.03. The van der Waals surface area contributed by atoms with Crippen LogP contribution in [0.5, 0.6) is 0 Å². The van der Waals surface area contributed by atoms with Crippen molar-refractivity contribution in [1.82, 2.24) is 20.9 Å². The van der Waals surface area contributed by atoms with Crippen LogP contribution in [0.1, 0.15) is 42.9 Å². The number of ether oxygens (including phenoxy) is 2. The molecule has 2 aliphatic heterocycles. The highest BCUT2D eigenvalue weighted by molar-refractivity contribution is 6.03. The largest absolute Gasteiger partial charge is 0.467 e. The van der Waals surface area contributed by atoms with Gasteiger partial charge in [-0.3, -0.25) is 14.4 Å². The average Bonchev–Trinajstić information content (AvgIpc) is 3.54. The molecular weight excluding hydrogens is 612 g/mol. The summed E-state index contributed by atoms with van der Waals surface area (Å²) in [6, 6.07) is 24.9. The number of nitrogens with one attached hydrogen (secondary N) is 3. The first kappa shape index (κ1) is 33.9. The molecule has 3 aromatic carbocycles. The Labute approximate surface area is 279 Å². The Morgan fingerprint density at radius 2 is 1.44 bits per heavy atom. The molecule has 5 rings (SSSR count). The fourth-order valence-electron chi connectivity index (χ4n) is 6.15. The predicted molar refractivity (Wildman–Crippen MR) is 177 cm³/mol. The molecule has 4 amide bonds. The van der Waals surface area contributed by atoms with E-state index in [9.17, 15) is 24.0 Å². The van der Waals surface area contributed by atoms with E-state index in [0.717, 1.165) is 22.3 Å². The van der Waals surface area contributed by atoms with Crippen molar-refractivity contribution in [3.8, 4) is 0 Å². The molecule has 3 aromatic rings. The van der Waals surface area contributed by atoms with Gasteiger partial charge in [-0.15, -0.1) is 0 Å². The second kappa shape index (κ2) is 15.9. The summed E-state index contributed by atoms with van der Waals surface area (Å²) in [5.74, 6) is -2.15. The topological polar surface area (TPSA) is 143 Å². The number of rotatable bonds is 12. The van der Waals surface area contributed by atoms with Crippen LogP contribution in [0.25, 0.3) is 0 Å². The molecule has 2 aliphatic rings. The Hall–Kier alpha value is -5.45. The molecule has 48 heavy (non-hydrogen) atoms. The zero-order valence-electron chi connectivity index (χ0n) is 27.0. The van der Waals surface area contributed by atoms with Gasteiger partial charge in [0.05, 0.1) is 7.11 Å². The number of carbonyl (C=O) groups is 5. The summed E-state index contributed by atoms with van der Waals surface area (Å²) in [7, 11) is 1.26. The molecule has 0 radical (unpaired) electrons. The molecule has 11 nitrogen and oxygen atoms in total. The van der Waals surface area contributed by atoms with Crippen molar-refractivity contribution in [3.63, 3.8) is 0 Å². The van der Waals surface area contributed by atoms with Gasteiger partial charge in [-0.25, -0.2) is 9.59 Å². The first-order chi connectivity index (χ1) is 23.2. The van der Waals surface area contributed by atoms with E-state index in [1.165, 1.54) is 18.9 Å². The highest BCUT2D eigenvalue weighted by Gasteiger charge is 2.46. The Balaban J connectivity index is 1.31. The van der Waals surface area contributed by atoms with Crippen LogP contribution >= 0.6 is 0 Å². The molecule has 0 spiro atoms. The zero-order chi connectivity index (χ0) is 34.0. The van der Waals surface area contributed by atoms with Gasteiger partial charge in [-0.2, -0.15) is 0 Å². The van der Waals surface area contributed by atoms with Crippen molar-refractivity contribution in [2.45, 2.75) is 69.8 Å². The van der Waals surface area contributed by atoms with E-state index in [1.54, 1.807) is 0 Å². The average molecular weight is 653 g/mol. The van der Waals surface area contributed by atoms with Crippen LogP contribution in [-0.2, 0) is 48.1 Å². The van der Waals surface area contributed by atoms with Crippen LogP contribution in [0.3, 0.4) is 0 Å².